The molecule has 4 rings (SSSR count). The van der Waals surface area contributed by atoms with Gasteiger partial charge in [0.1, 0.15) is 6.54 Å². The number of esters is 1. The van der Waals surface area contributed by atoms with Crippen LogP contribution in [0.2, 0.25) is 10.0 Å². The molecule has 1 aliphatic rings. The van der Waals surface area contributed by atoms with E-state index >= 15 is 0 Å². The molecule has 8 heteroatoms. The lowest BCUT2D eigenvalue weighted by Crippen LogP contribution is -2.47. The first-order valence-corrected chi connectivity index (χ1v) is 11.0. The maximum absolute atomic E-state index is 13.3. The van der Waals surface area contributed by atoms with E-state index in [0.29, 0.717) is 27.0 Å². The van der Waals surface area contributed by atoms with Gasteiger partial charge in [0.2, 0.25) is 5.91 Å². The minimum Gasteiger partial charge on any atom is -0.468 e. The number of ether oxygens (including phenoxy) is 1. The summed E-state index contributed by atoms with van der Waals surface area (Å²) in [6.45, 7) is 0.0982. The highest BCUT2D eigenvalue weighted by Crippen LogP contribution is 2.37. The molecule has 1 atom stereocenters. The number of carbonyl (C=O) groups excluding carboxylic acids is 2. The summed E-state index contributed by atoms with van der Waals surface area (Å²) < 4.78 is 5.24. The third-order valence-electron chi connectivity index (χ3n) is 5.44. The van der Waals surface area contributed by atoms with Gasteiger partial charge in [-0.25, -0.2) is 0 Å². The van der Waals surface area contributed by atoms with Crippen LogP contribution in [-0.2, 0) is 19.7 Å². The van der Waals surface area contributed by atoms with Gasteiger partial charge in [0.25, 0.3) is 0 Å². The molecule has 0 saturated carbocycles. The van der Waals surface area contributed by atoms with Gasteiger partial charge in [-0.1, -0.05) is 65.7 Å². The molecule has 168 valence electrons. The highest BCUT2D eigenvalue weighted by molar-refractivity contribution is 6.31. The van der Waals surface area contributed by atoms with E-state index in [9.17, 15) is 9.59 Å². The number of halogens is 2. The molecule has 1 heterocycles. The maximum Gasteiger partial charge on any atom is 0.324 e. The molecule has 0 spiro atoms. The van der Waals surface area contributed by atoms with Crippen molar-refractivity contribution in [3.63, 3.8) is 0 Å². The van der Waals surface area contributed by atoms with Gasteiger partial charge in [-0.05, 0) is 47.5 Å². The Morgan fingerprint density at radius 2 is 1.58 bits per heavy atom. The minimum atomic E-state index is -1.20. The minimum absolute atomic E-state index is 0.0503. The SMILES string of the molecule is COC(=O)C1(c2ccccc2)CN(CC(=O)Nc2ccc(Cl)cc2)N=C1c1ccc(Cl)cc1. The van der Waals surface area contributed by atoms with Crippen molar-refractivity contribution >= 4 is 46.5 Å². The standard InChI is InChI=1S/C25H21Cl2N3O3/c1-33-24(32)25(18-5-3-2-4-6-18)16-30(29-23(25)17-7-9-19(26)10-8-17)15-22(31)28-21-13-11-20(27)12-14-21/h2-14H,15-16H2,1H3,(H,28,31). The van der Waals surface area contributed by atoms with Crippen LogP contribution in [0.1, 0.15) is 11.1 Å². The zero-order valence-corrected chi connectivity index (χ0v) is 19.3. The molecule has 1 aliphatic heterocycles. The summed E-state index contributed by atoms with van der Waals surface area (Å²) in [6.07, 6.45) is 0. The Hall–Kier alpha value is -3.35. The zero-order chi connectivity index (χ0) is 23.4. The Morgan fingerprint density at radius 1 is 0.970 bits per heavy atom. The fraction of sp³-hybridized carbons (Fsp3) is 0.160. The van der Waals surface area contributed by atoms with Crippen LogP contribution in [0, 0.1) is 0 Å². The number of methoxy groups -OCH3 is 1. The van der Waals surface area contributed by atoms with Crippen LogP contribution in [0.4, 0.5) is 5.69 Å². The molecule has 0 aliphatic carbocycles. The largest absolute Gasteiger partial charge is 0.468 e. The van der Waals surface area contributed by atoms with E-state index in [0.717, 1.165) is 5.56 Å². The molecule has 0 saturated heterocycles. The van der Waals surface area contributed by atoms with Crippen molar-refractivity contribution in [1.82, 2.24) is 5.01 Å². The van der Waals surface area contributed by atoms with Crippen molar-refractivity contribution < 1.29 is 14.3 Å². The van der Waals surface area contributed by atoms with E-state index in [1.807, 2.05) is 30.3 Å². The topological polar surface area (TPSA) is 71.0 Å². The van der Waals surface area contributed by atoms with Gasteiger partial charge < -0.3 is 10.1 Å². The van der Waals surface area contributed by atoms with Crippen LogP contribution in [0.15, 0.2) is 84.0 Å². The lowest BCUT2D eigenvalue weighted by molar-refractivity contribution is -0.145. The lowest BCUT2D eigenvalue weighted by atomic mass is 9.74. The number of rotatable bonds is 6. The van der Waals surface area contributed by atoms with Crippen molar-refractivity contribution in [2.45, 2.75) is 5.41 Å². The summed E-state index contributed by atoms with van der Waals surface area (Å²) in [4.78, 5) is 26.0. The summed E-state index contributed by atoms with van der Waals surface area (Å²) in [6, 6.07) is 23.2. The number of hydrogen-bond donors (Lipinski definition) is 1. The average molecular weight is 482 g/mol. The molecule has 1 unspecified atom stereocenters. The fourth-order valence-corrected chi connectivity index (χ4v) is 4.17. The first kappa shape index (κ1) is 22.8. The molecule has 0 bridgehead atoms. The number of carbonyl (C=O) groups is 2. The smallest absolute Gasteiger partial charge is 0.324 e. The highest BCUT2D eigenvalue weighted by atomic mass is 35.5. The second-order valence-corrected chi connectivity index (χ2v) is 8.47. The van der Waals surface area contributed by atoms with Crippen LogP contribution in [0.3, 0.4) is 0 Å². The average Bonchev–Trinajstić information content (AvgIpc) is 3.21. The zero-order valence-electron chi connectivity index (χ0n) is 17.8. The van der Waals surface area contributed by atoms with Crippen molar-refractivity contribution in [2.24, 2.45) is 5.10 Å². The molecular formula is C25H21Cl2N3O3. The number of nitrogens with zero attached hydrogens (tertiary/aromatic N) is 2. The Kier molecular flexibility index (Phi) is 6.67. The molecule has 0 aromatic heterocycles. The van der Waals surface area contributed by atoms with Gasteiger partial charge in [0.15, 0.2) is 5.41 Å². The second kappa shape index (κ2) is 9.65. The van der Waals surface area contributed by atoms with Crippen LogP contribution < -0.4 is 5.32 Å². The van der Waals surface area contributed by atoms with E-state index in [1.165, 1.54) is 7.11 Å². The summed E-state index contributed by atoms with van der Waals surface area (Å²) >= 11 is 12.0. The van der Waals surface area contributed by atoms with Crippen LogP contribution in [0.5, 0.6) is 0 Å². The number of benzene rings is 3. The van der Waals surface area contributed by atoms with E-state index < -0.39 is 11.4 Å². The Morgan fingerprint density at radius 3 is 2.18 bits per heavy atom. The van der Waals surface area contributed by atoms with E-state index in [-0.39, 0.29) is 19.0 Å². The van der Waals surface area contributed by atoms with Gasteiger partial charge in [0, 0.05) is 15.7 Å². The molecule has 1 amide bonds. The highest BCUT2D eigenvalue weighted by Gasteiger charge is 2.52. The molecule has 0 radical (unpaired) electrons. The first-order valence-electron chi connectivity index (χ1n) is 10.2. The van der Waals surface area contributed by atoms with Crippen LogP contribution in [0.25, 0.3) is 0 Å². The van der Waals surface area contributed by atoms with Crippen molar-refractivity contribution in [1.29, 1.82) is 0 Å². The third-order valence-corrected chi connectivity index (χ3v) is 5.94. The van der Waals surface area contributed by atoms with Crippen molar-refractivity contribution in [3.05, 3.63) is 100 Å². The number of hydrazone groups is 1. The quantitative estimate of drug-likeness (QED) is 0.515. The summed E-state index contributed by atoms with van der Waals surface area (Å²) in [5.74, 6) is -0.728. The first-order chi connectivity index (χ1) is 15.9. The predicted molar refractivity (Wildman–Crippen MR) is 130 cm³/mol. The summed E-state index contributed by atoms with van der Waals surface area (Å²) in [7, 11) is 1.35. The van der Waals surface area contributed by atoms with Crippen LogP contribution >= 0.6 is 23.2 Å². The van der Waals surface area contributed by atoms with Gasteiger partial charge in [0.05, 0.1) is 19.4 Å². The van der Waals surface area contributed by atoms with E-state index in [4.69, 9.17) is 33.0 Å². The normalized spacial score (nSPS) is 17.4. The van der Waals surface area contributed by atoms with Gasteiger partial charge in [-0.2, -0.15) is 5.10 Å². The molecule has 1 N–H and O–H groups in total. The van der Waals surface area contributed by atoms with Gasteiger partial charge in [-0.3, -0.25) is 14.6 Å². The summed E-state index contributed by atoms with van der Waals surface area (Å²) in [5, 5.41) is 10.3. The number of nitrogens with one attached hydrogen (secondary N) is 1. The Balaban J connectivity index is 1.70. The van der Waals surface area contributed by atoms with Crippen LogP contribution in [-0.4, -0.2) is 42.8 Å². The van der Waals surface area contributed by atoms with E-state index in [2.05, 4.69) is 5.32 Å². The molecule has 6 nitrogen and oxygen atoms in total. The van der Waals surface area contributed by atoms with Gasteiger partial charge >= 0.3 is 5.97 Å². The number of anilines is 1. The fourth-order valence-electron chi connectivity index (χ4n) is 3.92. The summed E-state index contributed by atoms with van der Waals surface area (Å²) in [5.41, 5.74) is 1.36. The monoisotopic (exact) mass is 481 g/mol. The molecule has 0 fully saturated rings. The predicted octanol–water partition coefficient (Wildman–Crippen LogP) is 4.76. The van der Waals surface area contributed by atoms with E-state index in [1.54, 1.807) is 53.5 Å². The molecular weight excluding hydrogens is 461 g/mol. The molecule has 3 aromatic carbocycles. The molecule has 33 heavy (non-hydrogen) atoms. The Labute approximate surface area is 201 Å². The lowest BCUT2D eigenvalue weighted by Gasteiger charge is -2.29. The second-order valence-electron chi connectivity index (χ2n) is 7.60. The number of hydrogen-bond acceptors (Lipinski definition) is 5. The number of amides is 1. The Bertz CT molecular complexity index is 1180. The molecule has 3 aromatic rings. The van der Waals surface area contributed by atoms with Crippen molar-refractivity contribution in [2.75, 3.05) is 25.5 Å². The maximum atomic E-state index is 13.3. The van der Waals surface area contributed by atoms with Gasteiger partial charge in [-0.15, -0.1) is 0 Å². The third kappa shape index (κ3) is 4.72. The van der Waals surface area contributed by atoms with Crippen molar-refractivity contribution in [3.8, 4) is 0 Å².